The van der Waals surface area contributed by atoms with Gasteiger partial charge in [0.1, 0.15) is 0 Å². The van der Waals surface area contributed by atoms with Crippen molar-refractivity contribution in [3.05, 3.63) is 30.9 Å². The molecular weight excluding hydrogens is 256 g/mol. The van der Waals surface area contributed by atoms with Gasteiger partial charge < -0.3 is 15.1 Å². The first-order valence-electron chi connectivity index (χ1n) is 6.30. The van der Waals surface area contributed by atoms with Crippen LogP contribution in [-0.2, 0) is 0 Å². The van der Waals surface area contributed by atoms with Gasteiger partial charge in [-0.05, 0) is 13.8 Å². The van der Waals surface area contributed by atoms with E-state index in [9.17, 15) is 0 Å². The Morgan fingerprint density at radius 2 is 2.10 bits per heavy atom. The molecule has 0 fully saturated rings. The summed E-state index contributed by atoms with van der Waals surface area (Å²) < 4.78 is 3.71. The van der Waals surface area contributed by atoms with Crippen LogP contribution >= 0.6 is 0 Å². The number of hydrogen-bond donors (Lipinski definition) is 3. The third-order valence-corrected chi connectivity index (χ3v) is 2.91. The van der Waals surface area contributed by atoms with Gasteiger partial charge in [-0.15, -0.1) is 0 Å². The van der Waals surface area contributed by atoms with E-state index < -0.39 is 0 Å². The highest BCUT2D eigenvalue weighted by Gasteiger charge is 2.09. The van der Waals surface area contributed by atoms with Gasteiger partial charge in [-0.25, -0.2) is 15.8 Å². The molecule has 104 valence electrons. The molecule has 0 saturated carbocycles. The van der Waals surface area contributed by atoms with Crippen molar-refractivity contribution in [2.75, 3.05) is 10.7 Å². The highest BCUT2D eigenvalue weighted by atomic mass is 15.3. The van der Waals surface area contributed by atoms with E-state index >= 15 is 0 Å². The van der Waals surface area contributed by atoms with Gasteiger partial charge in [0.2, 0.25) is 0 Å². The standard InChI is InChI=1S/C12H16N8/c1-8(2)20-5-3-9(18-20)15-11-12-14-4-6-19(12)7-10(16-11)17-13/h3-8,17H,13H2,1-2H3,(H,15,16,18). The lowest BCUT2D eigenvalue weighted by atomic mass is 10.4. The van der Waals surface area contributed by atoms with Crippen molar-refractivity contribution in [3.63, 3.8) is 0 Å². The lowest BCUT2D eigenvalue weighted by molar-refractivity contribution is 0.534. The van der Waals surface area contributed by atoms with Crippen molar-refractivity contribution in [1.82, 2.24) is 24.1 Å². The van der Waals surface area contributed by atoms with Crippen LogP contribution in [0.2, 0.25) is 0 Å². The summed E-state index contributed by atoms with van der Waals surface area (Å²) in [4.78, 5) is 8.63. The van der Waals surface area contributed by atoms with Gasteiger partial charge in [0, 0.05) is 30.7 Å². The molecular formula is C12H16N8. The van der Waals surface area contributed by atoms with Crippen LogP contribution in [0, 0.1) is 0 Å². The summed E-state index contributed by atoms with van der Waals surface area (Å²) in [5, 5.41) is 7.59. The second-order valence-electron chi connectivity index (χ2n) is 4.68. The second-order valence-corrected chi connectivity index (χ2v) is 4.68. The second kappa shape index (κ2) is 4.82. The zero-order valence-electron chi connectivity index (χ0n) is 11.3. The predicted octanol–water partition coefficient (Wildman–Crippen LogP) is 1.54. The minimum Gasteiger partial charge on any atom is -0.320 e. The summed E-state index contributed by atoms with van der Waals surface area (Å²) >= 11 is 0. The lowest BCUT2D eigenvalue weighted by Crippen LogP contribution is -2.11. The summed E-state index contributed by atoms with van der Waals surface area (Å²) in [5.41, 5.74) is 3.24. The highest BCUT2D eigenvalue weighted by Crippen LogP contribution is 2.20. The Kier molecular flexibility index (Phi) is 2.99. The number of nitrogens with zero attached hydrogens (tertiary/aromatic N) is 5. The third-order valence-electron chi connectivity index (χ3n) is 2.91. The SMILES string of the molecule is CC(C)n1ccc(Nc2nc(NN)cn3ccnc23)n1. The molecule has 0 aromatic carbocycles. The molecule has 0 amide bonds. The van der Waals surface area contributed by atoms with Gasteiger partial charge >= 0.3 is 0 Å². The molecule has 3 aromatic rings. The Morgan fingerprint density at radius 3 is 2.80 bits per heavy atom. The average molecular weight is 272 g/mol. The number of nitrogens with one attached hydrogen (secondary N) is 2. The molecule has 0 unspecified atom stereocenters. The molecule has 8 heteroatoms. The molecule has 3 aromatic heterocycles. The molecule has 0 aliphatic rings. The number of hydrogen-bond acceptors (Lipinski definition) is 6. The number of nitrogen functional groups attached to an aromatic ring is 1. The number of aromatic nitrogens is 5. The third kappa shape index (κ3) is 2.16. The van der Waals surface area contributed by atoms with Gasteiger partial charge in [-0.3, -0.25) is 4.68 Å². The number of anilines is 3. The maximum absolute atomic E-state index is 5.42. The Balaban J connectivity index is 1.98. The van der Waals surface area contributed by atoms with Crippen molar-refractivity contribution in [1.29, 1.82) is 0 Å². The number of hydrazine groups is 1. The first-order valence-corrected chi connectivity index (χ1v) is 6.30. The summed E-state index contributed by atoms with van der Waals surface area (Å²) in [5.74, 6) is 7.27. The molecule has 0 saturated heterocycles. The number of nitrogens with two attached hydrogens (primary N) is 1. The zero-order valence-corrected chi connectivity index (χ0v) is 11.3. The molecule has 0 atom stereocenters. The van der Waals surface area contributed by atoms with E-state index in [2.05, 4.69) is 39.7 Å². The minimum absolute atomic E-state index is 0.307. The molecule has 3 rings (SSSR count). The smallest absolute Gasteiger partial charge is 0.180 e. The van der Waals surface area contributed by atoms with Crippen LogP contribution in [0.15, 0.2) is 30.9 Å². The van der Waals surface area contributed by atoms with Crippen molar-refractivity contribution < 1.29 is 0 Å². The van der Waals surface area contributed by atoms with E-state index in [-0.39, 0.29) is 0 Å². The number of imidazole rings is 1. The van der Waals surface area contributed by atoms with Gasteiger partial charge in [0.05, 0.1) is 6.20 Å². The maximum Gasteiger partial charge on any atom is 0.180 e. The quantitative estimate of drug-likeness (QED) is 0.492. The molecule has 4 N–H and O–H groups in total. The Labute approximate surface area is 115 Å². The van der Waals surface area contributed by atoms with Crippen molar-refractivity contribution in [2.45, 2.75) is 19.9 Å². The Bertz CT molecular complexity index is 726. The van der Waals surface area contributed by atoms with E-state index in [0.717, 1.165) is 0 Å². The summed E-state index contributed by atoms with van der Waals surface area (Å²) in [6.45, 7) is 4.14. The fraction of sp³-hybridized carbons (Fsp3) is 0.250. The van der Waals surface area contributed by atoms with Gasteiger partial charge in [-0.1, -0.05) is 0 Å². The lowest BCUT2D eigenvalue weighted by Gasteiger charge is -2.08. The molecule has 0 spiro atoms. The van der Waals surface area contributed by atoms with Crippen LogP contribution in [0.1, 0.15) is 19.9 Å². The molecule has 20 heavy (non-hydrogen) atoms. The number of rotatable bonds is 4. The molecule has 8 nitrogen and oxygen atoms in total. The van der Waals surface area contributed by atoms with E-state index in [1.807, 2.05) is 27.5 Å². The summed E-state index contributed by atoms with van der Waals surface area (Å²) in [6.07, 6.45) is 7.21. The molecule has 0 bridgehead atoms. The van der Waals surface area contributed by atoms with Crippen molar-refractivity contribution in [3.8, 4) is 0 Å². The van der Waals surface area contributed by atoms with Crippen LogP contribution in [0.4, 0.5) is 17.5 Å². The largest absolute Gasteiger partial charge is 0.320 e. The zero-order chi connectivity index (χ0) is 14.1. The van der Waals surface area contributed by atoms with Gasteiger partial charge in [0.25, 0.3) is 0 Å². The van der Waals surface area contributed by atoms with Crippen LogP contribution in [-0.4, -0.2) is 24.1 Å². The van der Waals surface area contributed by atoms with Crippen LogP contribution in [0.25, 0.3) is 5.65 Å². The average Bonchev–Trinajstić information content (AvgIpc) is 3.06. The first kappa shape index (κ1) is 12.4. The monoisotopic (exact) mass is 272 g/mol. The van der Waals surface area contributed by atoms with Crippen molar-refractivity contribution in [2.24, 2.45) is 5.84 Å². The maximum atomic E-state index is 5.42. The van der Waals surface area contributed by atoms with E-state index in [4.69, 9.17) is 5.84 Å². The van der Waals surface area contributed by atoms with E-state index in [1.165, 1.54) is 0 Å². The predicted molar refractivity (Wildman–Crippen MR) is 76.7 cm³/mol. The Hall–Kier alpha value is -2.61. The minimum atomic E-state index is 0.307. The normalized spacial score (nSPS) is 11.2. The van der Waals surface area contributed by atoms with Gasteiger partial charge in [-0.2, -0.15) is 5.10 Å². The van der Waals surface area contributed by atoms with Crippen LogP contribution < -0.4 is 16.6 Å². The summed E-state index contributed by atoms with van der Waals surface area (Å²) in [7, 11) is 0. The molecule has 0 radical (unpaired) electrons. The Morgan fingerprint density at radius 1 is 1.25 bits per heavy atom. The topological polar surface area (TPSA) is 98.1 Å². The fourth-order valence-electron chi connectivity index (χ4n) is 1.90. The number of fused-ring (bicyclic) bond motifs is 1. The summed E-state index contributed by atoms with van der Waals surface area (Å²) in [6, 6.07) is 2.20. The van der Waals surface area contributed by atoms with Crippen LogP contribution in [0.5, 0.6) is 0 Å². The first-order chi connectivity index (χ1) is 9.67. The van der Waals surface area contributed by atoms with Crippen molar-refractivity contribution >= 4 is 23.1 Å². The van der Waals surface area contributed by atoms with Gasteiger partial charge in [0.15, 0.2) is 23.1 Å². The molecule has 0 aliphatic carbocycles. The van der Waals surface area contributed by atoms with Crippen LogP contribution in [0.3, 0.4) is 0 Å². The molecule has 3 heterocycles. The highest BCUT2D eigenvalue weighted by molar-refractivity contribution is 5.70. The van der Waals surface area contributed by atoms with E-state index in [0.29, 0.717) is 29.1 Å². The molecule has 0 aliphatic heterocycles. The van der Waals surface area contributed by atoms with E-state index in [1.54, 1.807) is 12.4 Å². The fourth-order valence-corrected chi connectivity index (χ4v) is 1.90.